The molecule has 0 aliphatic heterocycles. The zero-order chi connectivity index (χ0) is 12.8. The minimum Gasteiger partial charge on any atom is -0.287 e. The summed E-state index contributed by atoms with van der Waals surface area (Å²) in [6.45, 7) is 8.01. The molecule has 96 valence electrons. The second-order valence-corrected chi connectivity index (χ2v) is 6.58. The zero-order valence-corrected chi connectivity index (χ0v) is 11.6. The molecule has 1 aromatic rings. The van der Waals surface area contributed by atoms with Gasteiger partial charge >= 0.3 is 0 Å². The van der Waals surface area contributed by atoms with Crippen molar-refractivity contribution in [3.63, 3.8) is 0 Å². The summed E-state index contributed by atoms with van der Waals surface area (Å²) in [5.74, 6) is 0.838. The molecule has 1 unspecified atom stereocenters. The third kappa shape index (κ3) is 1.54. The quantitative estimate of drug-likeness (QED) is 0.773. The summed E-state index contributed by atoms with van der Waals surface area (Å²) < 4.78 is 0. The molecule has 2 aliphatic carbocycles. The Bertz CT molecular complexity index is 475. The van der Waals surface area contributed by atoms with Gasteiger partial charge in [0.1, 0.15) is 0 Å². The normalized spacial score (nSPS) is 35.3. The Morgan fingerprint density at radius 2 is 2.17 bits per heavy atom. The van der Waals surface area contributed by atoms with Gasteiger partial charge in [-0.1, -0.05) is 26.8 Å². The minimum atomic E-state index is 0.326. The van der Waals surface area contributed by atoms with Crippen LogP contribution < -0.4 is 0 Å². The van der Waals surface area contributed by atoms with Crippen LogP contribution in [0.15, 0.2) is 29.4 Å². The first kappa shape index (κ1) is 11.9. The lowest BCUT2D eigenvalue weighted by Crippen LogP contribution is -2.32. The Labute approximate surface area is 110 Å². The fourth-order valence-corrected chi connectivity index (χ4v) is 3.84. The molecule has 2 aliphatic rings. The van der Waals surface area contributed by atoms with E-state index in [4.69, 9.17) is 4.99 Å². The number of hydrogen-bond acceptors (Lipinski definition) is 2. The minimum absolute atomic E-state index is 0.326. The number of aromatic nitrogens is 1. The van der Waals surface area contributed by atoms with Crippen LogP contribution in [0.4, 0.5) is 0 Å². The molecular formula is C16H22N2. The Morgan fingerprint density at radius 1 is 1.33 bits per heavy atom. The van der Waals surface area contributed by atoms with Crippen molar-refractivity contribution in [1.29, 1.82) is 0 Å². The van der Waals surface area contributed by atoms with Crippen molar-refractivity contribution in [3.05, 3.63) is 30.1 Å². The lowest BCUT2D eigenvalue weighted by atomic mass is 9.70. The van der Waals surface area contributed by atoms with Gasteiger partial charge in [0.2, 0.25) is 0 Å². The topological polar surface area (TPSA) is 25.2 Å². The maximum absolute atomic E-state index is 4.90. The highest BCUT2D eigenvalue weighted by Crippen LogP contribution is 2.63. The van der Waals surface area contributed by atoms with Gasteiger partial charge in [-0.25, -0.2) is 0 Å². The van der Waals surface area contributed by atoms with Gasteiger partial charge < -0.3 is 0 Å². The monoisotopic (exact) mass is 242 g/mol. The number of rotatable bonds is 2. The van der Waals surface area contributed by atoms with Crippen molar-refractivity contribution >= 4 is 5.71 Å². The van der Waals surface area contributed by atoms with Crippen LogP contribution in [0, 0.1) is 16.7 Å². The Hall–Kier alpha value is -1.18. The average molecular weight is 242 g/mol. The van der Waals surface area contributed by atoms with Crippen molar-refractivity contribution in [3.8, 4) is 0 Å². The van der Waals surface area contributed by atoms with E-state index in [9.17, 15) is 0 Å². The predicted octanol–water partition coefficient (Wildman–Crippen LogP) is 3.87. The van der Waals surface area contributed by atoms with E-state index in [1.165, 1.54) is 25.0 Å². The lowest BCUT2D eigenvalue weighted by molar-refractivity contribution is 0.193. The second kappa shape index (κ2) is 3.91. The van der Waals surface area contributed by atoms with E-state index in [2.05, 4.69) is 31.8 Å². The van der Waals surface area contributed by atoms with Crippen molar-refractivity contribution in [2.75, 3.05) is 0 Å². The van der Waals surface area contributed by atoms with E-state index in [1.807, 2.05) is 18.3 Å². The number of hydrogen-bond donors (Lipinski definition) is 0. The van der Waals surface area contributed by atoms with Gasteiger partial charge in [0, 0.05) is 17.3 Å². The SMILES string of the molecule is CC12CC[C@H](C/C1=N\Cc1ccccn1)C2(C)C. The first-order valence-corrected chi connectivity index (χ1v) is 6.98. The van der Waals surface area contributed by atoms with Crippen LogP contribution in [0.25, 0.3) is 0 Å². The zero-order valence-electron chi connectivity index (χ0n) is 11.6. The van der Waals surface area contributed by atoms with Gasteiger partial charge in [0.15, 0.2) is 0 Å². The summed E-state index contributed by atoms with van der Waals surface area (Å²) in [5, 5.41) is 0. The summed E-state index contributed by atoms with van der Waals surface area (Å²) in [6, 6.07) is 6.05. The van der Waals surface area contributed by atoms with E-state index >= 15 is 0 Å². The van der Waals surface area contributed by atoms with E-state index in [0.717, 1.165) is 18.2 Å². The molecule has 0 spiro atoms. The van der Waals surface area contributed by atoms with Crippen LogP contribution in [-0.2, 0) is 6.54 Å². The number of nitrogens with zero attached hydrogens (tertiary/aromatic N) is 2. The standard InChI is InChI=1S/C16H22N2/c1-15(2)12-7-8-16(15,3)14(10-12)18-11-13-6-4-5-9-17-13/h4-6,9,12H,7-8,10-11H2,1-3H3/b18-14+/t12-,16?/m1/s1. The molecular weight excluding hydrogens is 220 g/mol. The number of aliphatic imine (C=N–C) groups is 1. The van der Waals surface area contributed by atoms with Crippen LogP contribution in [0.5, 0.6) is 0 Å². The van der Waals surface area contributed by atoms with Gasteiger partial charge in [0.25, 0.3) is 0 Å². The highest BCUT2D eigenvalue weighted by molar-refractivity contribution is 5.94. The van der Waals surface area contributed by atoms with Crippen LogP contribution >= 0.6 is 0 Å². The van der Waals surface area contributed by atoms with E-state index in [1.54, 1.807) is 0 Å². The van der Waals surface area contributed by atoms with E-state index in [-0.39, 0.29) is 0 Å². The fraction of sp³-hybridized carbons (Fsp3) is 0.625. The third-order valence-electron chi connectivity index (χ3n) is 5.67. The Balaban J connectivity index is 1.83. The van der Waals surface area contributed by atoms with Gasteiger partial charge in [-0.2, -0.15) is 0 Å². The summed E-state index contributed by atoms with van der Waals surface area (Å²) >= 11 is 0. The van der Waals surface area contributed by atoms with Crippen LogP contribution in [0.2, 0.25) is 0 Å². The average Bonchev–Trinajstić information content (AvgIpc) is 2.70. The third-order valence-corrected chi connectivity index (χ3v) is 5.67. The van der Waals surface area contributed by atoms with E-state index in [0.29, 0.717) is 10.8 Å². The molecule has 1 aromatic heterocycles. The highest BCUT2D eigenvalue weighted by Gasteiger charge is 2.59. The van der Waals surface area contributed by atoms with Gasteiger partial charge in [-0.3, -0.25) is 9.98 Å². The first-order valence-electron chi connectivity index (χ1n) is 6.98. The molecule has 2 fully saturated rings. The van der Waals surface area contributed by atoms with Crippen molar-refractivity contribution in [2.24, 2.45) is 21.7 Å². The molecule has 2 heteroatoms. The lowest BCUT2D eigenvalue weighted by Gasteiger charge is -2.34. The van der Waals surface area contributed by atoms with Crippen LogP contribution in [-0.4, -0.2) is 10.7 Å². The Kier molecular flexibility index (Phi) is 2.58. The van der Waals surface area contributed by atoms with E-state index < -0.39 is 0 Å². The summed E-state index contributed by atoms with van der Waals surface area (Å²) in [4.78, 5) is 9.25. The smallest absolute Gasteiger partial charge is 0.0811 e. The summed E-state index contributed by atoms with van der Waals surface area (Å²) in [7, 11) is 0. The molecule has 0 N–H and O–H groups in total. The number of pyridine rings is 1. The molecule has 0 saturated heterocycles. The maximum atomic E-state index is 4.90. The van der Waals surface area contributed by atoms with Crippen LogP contribution in [0.1, 0.15) is 45.7 Å². The molecule has 18 heavy (non-hydrogen) atoms. The fourth-order valence-electron chi connectivity index (χ4n) is 3.84. The number of fused-ring (bicyclic) bond motifs is 2. The van der Waals surface area contributed by atoms with Crippen molar-refractivity contribution in [2.45, 2.75) is 46.6 Å². The largest absolute Gasteiger partial charge is 0.287 e. The van der Waals surface area contributed by atoms with Gasteiger partial charge in [-0.05, 0) is 42.7 Å². The molecule has 1 heterocycles. The van der Waals surface area contributed by atoms with Crippen molar-refractivity contribution < 1.29 is 0 Å². The molecule has 3 rings (SSSR count). The van der Waals surface area contributed by atoms with Crippen LogP contribution in [0.3, 0.4) is 0 Å². The molecule has 0 aromatic carbocycles. The van der Waals surface area contributed by atoms with Gasteiger partial charge in [0.05, 0.1) is 12.2 Å². The molecule has 2 saturated carbocycles. The highest BCUT2D eigenvalue weighted by atomic mass is 14.8. The maximum Gasteiger partial charge on any atom is 0.0811 e. The first-order chi connectivity index (χ1) is 8.54. The van der Waals surface area contributed by atoms with Crippen molar-refractivity contribution in [1.82, 2.24) is 4.98 Å². The molecule has 2 atom stereocenters. The molecule has 2 bridgehead atoms. The van der Waals surface area contributed by atoms with Gasteiger partial charge in [-0.15, -0.1) is 0 Å². The molecule has 2 nitrogen and oxygen atoms in total. The predicted molar refractivity (Wildman–Crippen MR) is 74.6 cm³/mol. The molecule has 0 amide bonds. The summed E-state index contributed by atoms with van der Waals surface area (Å²) in [5.41, 5.74) is 3.27. The molecule has 0 radical (unpaired) electrons. The second-order valence-electron chi connectivity index (χ2n) is 6.58. The Morgan fingerprint density at radius 3 is 2.72 bits per heavy atom. The summed E-state index contributed by atoms with van der Waals surface area (Å²) in [6.07, 6.45) is 5.75.